The highest BCUT2D eigenvalue weighted by molar-refractivity contribution is 7.90. The van der Waals surface area contributed by atoms with Crippen LogP contribution in [0.3, 0.4) is 0 Å². The van der Waals surface area contributed by atoms with Crippen molar-refractivity contribution in [2.75, 3.05) is 11.6 Å². The number of benzene rings is 1. The van der Waals surface area contributed by atoms with Gasteiger partial charge >= 0.3 is 6.03 Å². The number of thiazole rings is 1. The van der Waals surface area contributed by atoms with E-state index >= 15 is 0 Å². The molecule has 2 rings (SSSR count). The lowest BCUT2D eigenvalue weighted by Gasteiger charge is -2.15. The average Bonchev–Trinajstić information content (AvgIpc) is 2.84. The highest BCUT2D eigenvalue weighted by Crippen LogP contribution is 2.25. The summed E-state index contributed by atoms with van der Waals surface area (Å²) < 4.78 is 22.9. The fourth-order valence-electron chi connectivity index (χ4n) is 2.10. The summed E-state index contributed by atoms with van der Waals surface area (Å²) in [6.07, 6.45) is 1.87. The van der Waals surface area contributed by atoms with E-state index < -0.39 is 9.84 Å². The minimum atomic E-state index is -3.24. The van der Waals surface area contributed by atoms with E-state index in [1.54, 1.807) is 23.5 Å². The average molecular weight is 367 g/mol. The first-order valence-corrected chi connectivity index (χ1v) is 10.2. The molecule has 0 fully saturated rings. The molecule has 24 heavy (non-hydrogen) atoms. The topological polar surface area (TPSA) is 88.2 Å². The molecule has 6 nitrogen and oxygen atoms in total. The van der Waals surface area contributed by atoms with E-state index in [0.717, 1.165) is 28.3 Å². The largest absolute Gasteiger partial charge is 0.329 e. The van der Waals surface area contributed by atoms with Crippen LogP contribution in [-0.4, -0.2) is 25.7 Å². The first kappa shape index (κ1) is 18.4. The second kappa shape index (κ2) is 7.31. The SMILES string of the molecule is CC[C@H](NC(=O)Nc1ccc(S(C)(=O)=O)cc1)c1nc(C)c(C)s1. The number of carbonyl (C=O) groups is 1. The standard InChI is InChI=1S/C16H21N3O3S2/c1-5-14(15-17-10(2)11(3)23-15)19-16(20)18-12-6-8-13(9-7-12)24(4,21)22/h6-9,14H,5H2,1-4H3,(H2,18,19,20)/t14-/m0/s1. The van der Waals surface area contributed by atoms with Crippen molar-refractivity contribution in [1.29, 1.82) is 0 Å². The molecule has 0 saturated carbocycles. The van der Waals surface area contributed by atoms with Crippen LogP contribution in [0.15, 0.2) is 29.2 Å². The third-order valence-electron chi connectivity index (χ3n) is 3.60. The van der Waals surface area contributed by atoms with Gasteiger partial charge in [0.15, 0.2) is 9.84 Å². The number of anilines is 1. The first-order valence-electron chi connectivity index (χ1n) is 7.52. The van der Waals surface area contributed by atoms with Crippen molar-refractivity contribution in [3.8, 4) is 0 Å². The van der Waals surface area contributed by atoms with Crippen molar-refractivity contribution in [3.63, 3.8) is 0 Å². The first-order chi connectivity index (χ1) is 11.2. The van der Waals surface area contributed by atoms with Gasteiger partial charge in [0, 0.05) is 16.8 Å². The number of nitrogens with one attached hydrogen (secondary N) is 2. The number of amides is 2. The number of hydrogen-bond acceptors (Lipinski definition) is 5. The molecular weight excluding hydrogens is 346 g/mol. The Hall–Kier alpha value is -1.93. The van der Waals surface area contributed by atoms with Crippen LogP contribution in [0.5, 0.6) is 0 Å². The van der Waals surface area contributed by atoms with E-state index in [2.05, 4.69) is 15.6 Å². The number of hydrogen-bond donors (Lipinski definition) is 2. The Morgan fingerprint density at radius 3 is 2.33 bits per heavy atom. The summed E-state index contributed by atoms with van der Waals surface area (Å²) in [4.78, 5) is 18.0. The molecule has 2 amide bonds. The molecule has 1 aromatic carbocycles. The van der Waals surface area contributed by atoms with E-state index in [1.807, 2.05) is 20.8 Å². The summed E-state index contributed by atoms with van der Waals surface area (Å²) in [7, 11) is -3.24. The van der Waals surface area contributed by atoms with Gasteiger partial charge in [-0.1, -0.05) is 6.92 Å². The summed E-state index contributed by atoms with van der Waals surface area (Å²) >= 11 is 1.58. The molecule has 2 N–H and O–H groups in total. The molecule has 0 bridgehead atoms. The van der Waals surface area contributed by atoms with Gasteiger partial charge in [0.25, 0.3) is 0 Å². The number of aryl methyl sites for hydroxylation is 2. The van der Waals surface area contributed by atoms with Crippen molar-refractivity contribution in [1.82, 2.24) is 10.3 Å². The molecule has 8 heteroatoms. The maximum absolute atomic E-state index is 12.2. The zero-order valence-electron chi connectivity index (χ0n) is 14.1. The number of urea groups is 1. The lowest BCUT2D eigenvalue weighted by Crippen LogP contribution is -2.32. The van der Waals surface area contributed by atoms with E-state index in [1.165, 1.54) is 12.1 Å². The van der Waals surface area contributed by atoms with Gasteiger partial charge in [0.05, 0.1) is 16.6 Å². The Labute approximate surface area is 146 Å². The molecule has 0 aliphatic carbocycles. The van der Waals surface area contributed by atoms with Crippen molar-refractivity contribution in [2.45, 2.75) is 38.1 Å². The van der Waals surface area contributed by atoms with Crippen LogP contribution < -0.4 is 10.6 Å². The molecule has 0 aliphatic heterocycles. The minimum absolute atomic E-state index is 0.155. The number of aromatic nitrogens is 1. The monoisotopic (exact) mass is 367 g/mol. The summed E-state index contributed by atoms with van der Waals surface area (Å²) in [5.74, 6) is 0. The maximum atomic E-state index is 12.2. The molecule has 1 heterocycles. The van der Waals surface area contributed by atoms with Crippen LogP contribution in [-0.2, 0) is 9.84 Å². The fourth-order valence-corrected chi connectivity index (χ4v) is 3.78. The zero-order valence-corrected chi connectivity index (χ0v) is 15.7. The Balaban J connectivity index is 2.03. The number of rotatable bonds is 5. The van der Waals surface area contributed by atoms with Crippen LogP contribution in [0.2, 0.25) is 0 Å². The lowest BCUT2D eigenvalue weighted by molar-refractivity contribution is 0.248. The van der Waals surface area contributed by atoms with Crippen LogP contribution in [0.25, 0.3) is 0 Å². The van der Waals surface area contributed by atoms with Crippen LogP contribution in [0, 0.1) is 13.8 Å². The van der Waals surface area contributed by atoms with Crippen molar-refractivity contribution in [2.24, 2.45) is 0 Å². The molecule has 2 aromatic rings. The summed E-state index contributed by atoms with van der Waals surface area (Å²) in [6, 6.07) is 5.56. The predicted molar refractivity (Wildman–Crippen MR) is 96.3 cm³/mol. The molecule has 0 unspecified atom stereocenters. The molecule has 0 spiro atoms. The highest BCUT2D eigenvalue weighted by atomic mass is 32.2. The van der Waals surface area contributed by atoms with Gasteiger partial charge in [0.2, 0.25) is 0 Å². The van der Waals surface area contributed by atoms with Crippen molar-refractivity contribution < 1.29 is 13.2 Å². The molecule has 1 atom stereocenters. The van der Waals surface area contributed by atoms with E-state index in [0.29, 0.717) is 5.69 Å². The number of sulfone groups is 1. The van der Waals surface area contributed by atoms with Gasteiger partial charge in [0.1, 0.15) is 5.01 Å². The second-order valence-electron chi connectivity index (χ2n) is 5.55. The summed E-state index contributed by atoms with van der Waals surface area (Å²) in [5, 5.41) is 6.49. The molecule has 0 aliphatic rings. The van der Waals surface area contributed by atoms with Crippen LogP contribution in [0.1, 0.15) is 35.0 Å². The third kappa shape index (κ3) is 4.55. The molecular formula is C16H21N3O3S2. The van der Waals surface area contributed by atoms with Gasteiger partial charge in [-0.05, 0) is 44.5 Å². The fraction of sp³-hybridized carbons (Fsp3) is 0.375. The van der Waals surface area contributed by atoms with Gasteiger partial charge in [-0.25, -0.2) is 18.2 Å². The van der Waals surface area contributed by atoms with Crippen LogP contribution >= 0.6 is 11.3 Å². The predicted octanol–water partition coefficient (Wildman–Crippen LogP) is 3.44. The number of carbonyl (C=O) groups excluding carboxylic acids is 1. The molecule has 0 saturated heterocycles. The van der Waals surface area contributed by atoms with Crippen LogP contribution in [0.4, 0.5) is 10.5 Å². The smallest absolute Gasteiger partial charge is 0.319 e. The summed E-state index contributed by atoms with van der Waals surface area (Å²) in [6.45, 7) is 5.94. The van der Waals surface area contributed by atoms with E-state index in [9.17, 15) is 13.2 Å². The minimum Gasteiger partial charge on any atom is -0.329 e. The van der Waals surface area contributed by atoms with E-state index in [-0.39, 0.29) is 17.0 Å². The molecule has 1 aromatic heterocycles. The number of nitrogens with zero attached hydrogens (tertiary/aromatic N) is 1. The van der Waals surface area contributed by atoms with Gasteiger partial charge in [-0.15, -0.1) is 11.3 Å². The Kier molecular flexibility index (Phi) is 5.61. The lowest BCUT2D eigenvalue weighted by atomic mass is 10.2. The zero-order chi connectivity index (χ0) is 17.9. The maximum Gasteiger partial charge on any atom is 0.319 e. The van der Waals surface area contributed by atoms with Crippen molar-refractivity contribution >= 4 is 32.9 Å². The Morgan fingerprint density at radius 1 is 1.25 bits per heavy atom. The normalized spacial score (nSPS) is 12.7. The second-order valence-corrected chi connectivity index (χ2v) is 8.80. The Bertz CT molecular complexity index is 807. The third-order valence-corrected chi connectivity index (χ3v) is 5.91. The quantitative estimate of drug-likeness (QED) is 0.847. The molecule has 130 valence electrons. The van der Waals surface area contributed by atoms with Gasteiger partial charge in [-0.2, -0.15) is 0 Å². The van der Waals surface area contributed by atoms with E-state index in [4.69, 9.17) is 0 Å². The highest BCUT2D eigenvalue weighted by Gasteiger charge is 2.17. The van der Waals surface area contributed by atoms with Gasteiger partial charge < -0.3 is 10.6 Å². The van der Waals surface area contributed by atoms with Gasteiger partial charge in [-0.3, -0.25) is 0 Å². The summed E-state index contributed by atoms with van der Waals surface area (Å²) in [5.41, 5.74) is 1.51. The van der Waals surface area contributed by atoms with Crippen molar-refractivity contribution in [3.05, 3.63) is 39.8 Å². The Morgan fingerprint density at radius 2 is 1.88 bits per heavy atom. The molecule has 0 radical (unpaired) electrons.